The second-order valence-corrected chi connectivity index (χ2v) is 11.7. The number of carbonyl (C=O) groups is 1. The van der Waals surface area contributed by atoms with E-state index in [1.54, 1.807) is 53.1 Å². The van der Waals surface area contributed by atoms with Crippen LogP contribution >= 0.6 is 27.3 Å². The molecule has 0 aliphatic heterocycles. The van der Waals surface area contributed by atoms with E-state index in [4.69, 9.17) is 4.74 Å². The number of sulfonamides is 1. The molecule has 0 radical (unpaired) electrons. The quantitative estimate of drug-likeness (QED) is 0.312. The Morgan fingerprint density at radius 2 is 1.83 bits per heavy atom. The summed E-state index contributed by atoms with van der Waals surface area (Å²) in [5.41, 5.74) is 2.58. The highest BCUT2D eigenvalue weighted by Gasteiger charge is 2.28. The van der Waals surface area contributed by atoms with Crippen molar-refractivity contribution >= 4 is 64.8 Å². The molecule has 8 nitrogen and oxygen atoms in total. The Hall–Kier alpha value is -3.15. The second kappa shape index (κ2) is 10.5. The molecule has 0 aliphatic rings. The summed E-state index contributed by atoms with van der Waals surface area (Å²) in [6.07, 6.45) is 0. The Bertz CT molecular complexity index is 1590. The standard InChI is InChI=1S/C25H24BrN3O5S2/c1-4-28-21-11-7-17(13-23(21)35-25(28)31)27-24(30)15-29(18-8-5-16(2)6-9-18)36(32,33)19-10-12-22(34-3)20(26)14-19/h5-14H,4,15H2,1-3H3,(H,27,30). The minimum absolute atomic E-state index is 0.00986. The summed E-state index contributed by atoms with van der Waals surface area (Å²) in [5.74, 6) is -0.0310. The van der Waals surface area contributed by atoms with Crippen LogP contribution in [-0.2, 0) is 21.4 Å². The fourth-order valence-electron chi connectivity index (χ4n) is 3.74. The third-order valence-electron chi connectivity index (χ3n) is 5.59. The molecular weight excluding hydrogens is 566 g/mol. The molecule has 188 valence electrons. The Balaban J connectivity index is 1.66. The number of rotatable bonds is 8. The highest BCUT2D eigenvalue weighted by atomic mass is 79.9. The summed E-state index contributed by atoms with van der Waals surface area (Å²) >= 11 is 4.43. The Labute approximate surface area is 221 Å². The number of fused-ring (bicyclic) bond motifs is 1. The van der Waals surface area contributed by atoms with Crippen LogP contribution in [0.5, 0.6) is 5.75 Å². The number of amides is 1. The molecule has 0 atom stereocenters. The van der Waals surface area contributed by atoms with Crippen molar-refractivity contribution in [1.29, 1.82) is 0 Å². The third kappa shape index (κ3) is 5.18. The lowest BCUT2D eigenvalue weighted by atomic mass is 10.2. The van der Waals surface area contributed by atoms with Gasteiger partial charge in [0.15, 0.2) is 0 Å². The number of thiazole rings is 1. The van der Waals surface area contributed by atoms with Crippen molar-refractivity contribution in [1.82, 2.24) is 4.57 Å². The molecule has 0 saturated heterocycles. The first-order valence-corrected chi connectivity index (χ1v) is 14.0. The van der Waals surface area contributed by atoms with Gasteiger partial charge in [-0.2, -0.15) is 0 Å². The van der Waals surface area contributed by atoms with Crippen LogP contribution < -0.4 is 19.2 Å². The smallest absolute Gasteiger partial charge is 0.308 e. The van der Waals surface area contributed by atoms with Crippen molar-refractivity contribution < 1.29 is 17.9 Å². The van der Waals surface area contributed by atoms with Crippen molar-refractivity contribution in [3.63, 3.8) is 0 Å². The maximum absolute atomic E-state index is 13.7. The number of nitrogens with zero attached hydrogens (tertiary/aromatic N) is 2. The van der Waals surface area contributed by atoms with E-state index in [1.807, 2.05) is 13.8 Å². The molecule has 1 amide bonds. The molecule has 0 unspecified atom stereocenters. The number of anilines is 2. The van der Waals surface area contributed by atoms with Crippen LogP contribution in [0, 0.1) is 6.92 Å². The van der Waals surface area contributed by atoms with Crippen molar-refractivity contribution in [2.75, 3.05) is 23.3 Å². The van der Waals surface area contributed by atoms with Crippen molar-refractivity contribution in [2.24, 2.45) is 0 Å². The van der Waals surface area contributed by atoms with E-state index < -0.39 is 22.5 Å². The molecule has 0 aliphatic carbocycles. The number of nitrogens with one attached hydrogen (secondary N) is 1. The maximum Gasteiger partial charge on any atom is 0.308 e. The molecular formula is C25H24BrN3O5S2. The van der Waals surface area contributed by atoms with Crippen molar-refractivity contribution in [3.05, 3.63) is 80.4 Å². The number of methoxy groups -OCH3 is 1. The zero-order chi connectivity index (χ0) is 26.0. The van der Waals surface area contributed by atoms with E-state index >= 15 is 0 Å². The van der Waals surface area contributed by atoms with Gasteiger partial charge in [0.05, 0.1) is 32.4 Å². The average Bonchev–Trinajstić information content (AvgIpc) is 3.17. The predicted molar refractivity (Wildman–Crippen MR) is 147 cm³/mol. The summed E-state index contributed by atoms with van der Waals surface area (Å²) in [7, 11) is -2.61. The van der Waals surface area contributed by atoms with Gasteiger partial charge in [-0.3, -0.25) is 18.5 Å². The Morgan fingerprint density at radius 3 is 2.47 bits per heavy atom. The first-order chi connectivity index (χ1) is 17.1. The first-order valence-electron chi connectivity index (χ1n) is 11.0. The molecule has 0 spiro atoms. The molecule has 4 rings (SSSR count). The SMILES string of the molecule is CCn1c(=O)sc2cc(NC(=O)CN(c3ccc(C)cc3)S(=O)(=O)c3ccc(OC)c(Br)c3)ccc21. The third-order valence-corrected chi connectivity index (χ3v) is 8.92. The number of benzene rings is 3. The van der Waals surface area contributed by atoms with Crippen LogP contribution in [0.3, 0.4) is 0 Å². The largest absolute Gasteiger partial charge is 0.496 e. The summed E-state index contributed by atoms with van der Waals surface area (Å²) in [6, 6.07) is 16.5. The fourth-order valence-corrected chi connectivity index (χ4v) is 6.87. The van der Waals surface area contributed by atoms with Gasteiger partial charge in [-0.1, -0.05) is 29.0 Å². The Morgan fingerprint density at radius 1 is 1.11 bits per heavy atom. The normalized spacial score (nSPS) is 11.4. The van der Waals surface area contributed by atoms with Gasteiger partial charge in [-0.25, -0.2) is 8.42 Å². The lowest BCUT2D eigenvalue weighted by molar-refractivity contribution is -0.114. The van der Waals surface area contributed by atoms with Gasteiger partial charge in [-0.05, 0) is 78.3 Å². The van der Waals surface area contributed by atoms with Crippen LogP contribution in [0.25, 0.3) is 10.2 Å². The van der Waals surface area contributed by atoms with E-state index in [2.05, 4.69) is 21.2 Å². The summed E-state index contributed by atoms with van der Waals surface area (Å²) in [5, 5.41) is 2.77. The van der Waals surface area contributed by atoms with Gasteiger partial charge in [0.2, 0.25) is 5.91 Å². The average molecular weight is 591 g/mol. The summed E-state index contributed by atoms with van der Waals surface area (Å²) in [6.45, 7) is 3.89. The van der Waals surface area contributed by atoms with Gasteiger partial charge in [-0.15, -0.1) is 0 Å². The predicted octanol–water partition coefficient (Wildman–Crippen LogP) is 5.00. The van der Waals surface area contributed by atoms with Gasteiger partial charge in [0.1, 0.15) is 12.3 Å². The molecule has 4 aromatic rings. The molecule has 0 bridgehead atoms. The lowest BCUT2D eigenvalue weighted by Gasteiger charge is -2.24. The highest BCUT2D eigenvalue weighted by molar-refractivity contribution is 9.10. The van der Waals surface area contributed by atoms with E-state index in [1.165, 1.54) is 19.2 Å². The maximum atomic E-state index is 13.7. The molecule has 0 fully saturated rings. The second-order valence-electron chi connectivity index (χ2n) is 7.99. The van der Waals surface area contributed by atoms with Crippen LogP contribution in [0.1, 0.15) is 12.5 Å². The number of halogens is 1. The monoisotopic (exact) mass is 589 g/mol. The van der Waals surface area contributed by atoms with E-state index in [0.717, 1.165) is 31.4 Å². The number of carbonyl (C=O) groups excluding carboxylic acids is 1. The summed E-state index contributed by atoms with van der Waals surface area (Å²) in [4.78, 5) is 25.2. The molecule has 1 heterocycles. The van der Waals surface area contributed by atoms with Crippen LogP contribution in [0.15, 0.2) is 74.8 Å². The van der Waals surface area contributed by atoms with Crippen LogP contribution in [-0.4, -0.2) is 32.5 Å². The minimum atomic E-state index is -4.10. The zero-order valence-electron chi connectivity index (χ0n) is 19.8. The molecule has 3 aromatic carbocycles. The highest BCUT2D eigenvalue weighted by Crippen LogP contribution is 2.31. The molecule has 1 aromatic heterocycles. The van der Waals surface area contributed by atoms with Crippen LogP contribution in [0.4, 0.5) is 11.4 Å². The summed E-state index contributed by atoms with van der Waals surface area (Å²) < 4.78 is 36.5. The number of ether oxygens (including phenoxy) is 1. The van der Waals surface area contributed by atoms with Gasteiger partial charge in [0, 0.05) is 12.2 Å². The van der Waals surface area contributed by atoms with Crippen molar-refractivity contribution in [2.45, 2.75) is 25.3 Å². The van der Waals surface area contributed by atoms with E-state index in [9.17, 15) is 18.0 Å². The topological polar surface area (TPSA) is 97.7 Å². The number of aromatic nitrogens is 1. The van der Waals surface area contributed by atoms with E-state index in [-0.39, 0.29) is 9.77 Å². The molecule has 11 heteroatoms. The fraction of sp³-hybridized carbons (Fsp3) is 0.200. The number of hydrogen-bond acceptors (Lipinski definition) is 6. The van der Waals surface area contributed by atoms with Crippen molar-refractivity contribution in [3.8, 4) is 5.75 Å². The van der Waals surface area contributed by atoms with E-state index in [0.29, 0.717) is 28.1 Å². The Kier molecular flexibility index (Phi) is 7.53. The number of aryl methyl sites for hydroxylation is 2. The number of hydrogen-bond donors (Lipinski definition) is 1. The lowest BCUT2D eigenvalue weighted by Crippen LogP contribution is -2.38. The van der Waals surface area contributed by atoms with Crippen LogP contribution in [0.2, 0.25) is 0 Å². The molecule has 36 heavy (non-hydrogen) atoms. The zero-order valence-corrected chi connectivity index (χ0v) is 23.0. The van der Waals surface area contributed by atoms with Gasteiger partial charge < -0.3 is 10.1 Å². The van der Waals surface area contributed by atoms with Gasteiger partial charge in [0.25, 0.3) is 10.0 Å². The molecule has 0 saturated carbocycles. The minimum Gasteiger partial charge on any atom is -0.496 e. The molecule has 1 N–H and O–H groups in total. The van der Waals surface area contributed by atoms with Gasteiger partial charge >= 0.3 is 4.87 Å². The first kappa shape index (κ1) is 25.9.